The zero-order chi connectivity index (χ0) is 14.0. The van der Waals surface area contributed by atoms with Gasteiger partial charge in [-0.15, -0.1) is 10.2 Å². The first-order chi connectivity index (χ1) is 8.97. The third kappa shape index (κ3) is 2.54. The lowest BCUT2D eigenvalue weighted by Gasteiger charge is -2.22. The Morgan fingerprint density at radius 2 is 1.74 bits per heavy atom. The monoisotopic (exact) mass is 261 g/mol. The number of methoxy groups -OCH3 is 2. The van der Waals surface area contributed by atoms with Gasteiger partial charge in [-0.05, 0) is 39.0 Å². The Labute approximate surface area is 113 Å². The summed E-state index contributed by atoms with van der Waals surface area (Å²) in [5.41, 5.74) is 0.872. The van der Waals surface area contributed by atoms with Gasteiger partial charge >= 0.3 is 0 Å². The lowest BCUT2D eigenvalue weighted by molar-refractivity contribution is 0.355. The Morgan fingerprint density at radius 1 is 1.05 bits per heavy atom. The number of rotatable bonds is 3. The maximum atomic E-state index is 5.32. The normalized spacial score (nSPS) is 11.4. The predicted molar refractivity (Wildman–Crippen MR) is 73.6 cm³/mol. The molecule has 0 amide bonds. The van der Waals surface area contributed by atoms with Crippen LogP contribution in [0.15, 0.2) is 24.5 Å². The first kappa shape index (κ1) is 13.4. The molecule has 102 valence electrons. The fourth-order valence-corrected chi connectivity index (χ4v) is 1.90. The SMILES string of the molecule is COc1ccc(-c2nncn2C(C)(C)C)cc1OC. The molecule has 0 aliphatic carbocycles. The first-order valence-electron chi connectivity index (χ1n) is 6.10. The van der Waals surface area contributed by atoms with Gasteiger partial charge in [0.25, 0.3) is 0 Å². The number of ether oxygens (including phenoxy) is 2. The largest absolute Gasteiger partial charge is 0.493 e. The maximum Gasteiger partial charge on any atom is 0.164 e. The Balaban J connectivity index is 2.51. The molecule has 0 radical (unpaired) electrons. The zero-order valence-electron chi connectivity index (χ0n) is 12.0. The van der Waals surface area contributed by atoms with Gasteiger partial charge in [0.15, 0.2) is 17.3 Å². The topological polar surface area (TPSA) is 49.2 Å². The zero-order valence-corrected chi connectivity index (χ0v) is 12.0. The second-order valence-electron chi connectivity index (χ2n) is 5.27. The van der Waals surface area contributed by atoms with E-state index in [-0.39, 0.29) is 5.54 Å². The first-order valence-corrected chi connectivity index (χ1v) is 6.10. The van der Waals surface area contributed by atoms with Gasteiger partial charge in [0.05, 0.1) is 14.2 Å². The molecule has 0 saturated heterocycles. The van der Waals surface area contributed by atoms with Gasteiger partial charge in [-0.25, -0.2) is 0 Å². The Kier molecular flexibility index (Phi) is 3.46. The van der Waals surface area contributed by atoms with Crippen molar-refractivity contribution < 1.29 is 9.47 Å². The van der Waals surface area contributed by atoms with Crippen molar-refractivity contribution in [2.24, 2.45) is 0 Å². The van der Waals surface area contributed by atoms with Crippen LogP contribution in [0.1, 0.15) is 20.8 Å². The molecule has 0 N–H and O–H groups in total. The molecular weight excluding hydrogens is 242 g/mol. The van der Waals surface area contributed by atoms with Crippen LogP contribution in [0.4, 0.5) is 0 Å². The molecule has 0 aliphatic heterocycles. The van der Waals surface area contributed by atoms with Gasteiger partial charge in [0, 0.05) is 11.1 Å². The third-order valence-electron chi connectivity index (χ3n) is 2.91. The van der Waals surface area contributed by atoms with Crippen molar-refractivity contribution in [3.05, 3.63) is 24.5 Å². The van der Waals surface area contributed by atoms with Crippen molar-refractivity contribution in [3.63, 3.8) is 0 Å². The van der Waals surface area contributed by atoms with Gasteiger partial charge in [-0.3, -0.25) is 0 Å². The summed E-state index contributed by atoms with van der Waals surface area (Å²) in [6.45, 7) is 6.34. The minimum Gasteiger partial charge on any atom is -0.493 e. The van der Waals surface area contributed by atoms with E-state index in [1.165, 1.54) is 0 Å². The van der Waals surface area contributed by atoms with Crippen molar-refractivity contribution in [1.82, 2.24) is 14.8 Å². The van der Waals surface area contributed by atoms with Crippen molar-refractivity contribution in [3.8, 4) is 22.9 Å². The van der Waals surface area contributed by atoms with Crippen LogP contribution in [0, 0.1) is 0 Å². The summed E-state index contributed by atoms with van der Waals surface area (Å²) in [4.78, 5) is 0. The highest BCUT2D eigenvalue weighted by molar-refractivity contribution is 5.61. The summed E-state index contributed by atoms with van der Waals surface area (Å²) in [6, 6.07) is 5.73. The number of nitrogens with zero attached hydrogens (tertiary/aromatic N) is 3. The van der Waals surface area contributed by atoms with E-state index >= 15 is 0 Å². The summed E-state index contributed by atoms with van der Waals surface area (Å²) < 4.78 is 12.6. The summed E-state index contributed by atoms with van der Waals surface area (Å²) in [6.07, 6.45) is 1.74. The fraction of sp³-hybridized carbons (Fsp3) is 0.429. The highest BCUT2D eigenvalue weighted by Gasteiger charge is 2.19. The summed E-state index contributed by atoms with van der Waals surface area (Å²) in [5.74, 6) is 2.20. The minimum atomic E-state index is -0.0774. The number of aromatic nitrogens is 3. The van der Waals surface area contributed by atoms with E-state index < -0.39 is 0 Å². The molecule has 5 nitrogen and oxygen atoms in total. The van der Waals surface area contributed by atoms with Crippen molar-refractivity contribution in [1.29, 1.82) is 0 Å². The van der Waals surface area contributed by atoms with Crippen LogP contribution in [-0.4, -0.2) is 29.0 Å². The number of hydrogen-bond donors (Lipinski definition) is 0. The van der Waals surface area contributed by atoms with Gasteiger partial charge in [0.2, 0.25) is 0 Å². The average Bonchev–Trinajstić information content (AvgIpc) is 2.87. The summed E-state index contributed by atoms with van der Waals surface area (Å²) >= 11 is 0. The second-order valence-corrected chi connectivity index (χ2v) is 5.27. The molecular formula is C14H19N3O2. The van der Waals surface area contributed by atoms with Gasteiger partial charge in [-0.2, -0.15) is 0 Å². The van der Waals surface area contributed by atoms with Crippen molar-refractivity contribution in [2.45, 2.75) is 26.3 Å². The van der Waals surface area contributed by atoms with Gasteiger partial charge in [0.1, 0.15) is 6.33 Å². The van der Waals surface area contributed by atoms with E-state index in [1.54, 1.807) is 20.5 Å². The standard InChI is InChI=1S/C14H19N3O2/c1-14(2,3)17-9-15-16-13(17)10-6-7-11(18-4)12(8-10)19-5/h6-9H,1-5H3. The molecule has 2 aromatic rings. The van der Waals surface area contributed by atoms with Crippen LogP contribution < -0.4 is 9.47 Å². The van der Waals surface area contributed by atoms with Crippen molar-refractivity contribution >= 4 is 0 Å². The second kappa shape index (κ2) is 4.91. The van der Waals surface area contributed by atoms with Crippen LogP contribution >= 0.6 is 0 Å². The number of hydrogen-bond acceptors (Lipinski definition) is 4. The molecule has 0 spiro atoms. The average molecular weight is 261 g/mol. The quantitative estimate of drug-likeness (QED) is 0.852. The van der Waals surface area contributed by atoms with Crippen LogP contribution in [0.25, 0.3) is 11.4 Å². The third-order valence-corrected chi connectivity index (χ3v) is 2.91. The van der Waals surface area contributed by atoms with Gasteiger partial charge < -0.3 is 14.0 Å². The van der Waals surface area contributed by atoms with E-state index in [2.05, 4.69) is 31.0 Å². The predicted octanol–water partition coefficient (Wildman–Crippen LogP) is 2.72. The van der Waals surface area contributed by atoms with E-state index in [0.717, 1.165) is 11.4 Å². The smallest absolute Gasteiger partial charge is 0.164 e. The van der Waals surface area contributed by atoms with Crippen LogP contribution in [0.3, 0.4) is 0 Å². The van der Waals surface area contributed by atoms with E-state index in [0.29, 0.717) is 11.5 Å². The molecule has 0 atom stereocenters. The molecule has 19 heavy (non-hydrogen) atoms. The van der Waals surface area contributed by atoms with E-state index in [9.17, 15) is 0 Å². The molecule has 2 rings (SSSR count). The Morgan fingerprint density at radius 3 is 2.32 bits per heavy atom. The van der Waals surface area contributed by atoms with Crippen molar-refractivity contribution in [2.75, 3.05) is 14.2 Å². The van der Waals surface area contributed by atoms with Crippen LogP contribution in [0.5, 0.6) is 11.5 Å². The Hall–Kier alpha value is -2.04. The van der Waals surface area contributed by atoms with E-state index in [4.69, 9.17) is 9.47 Å². The minimum absolute atomic E-state index is 0.0774. The molecule has 0 saturated carbocycles. The lowest BCUT2D eigenvalue weighted by Crippen LogP contribution is -2.21. The number of benzene rings is 1. The molecule has 1 heterocycles. The maximum absolute atomic E-state index is 5.32. The fourth-order valence-electron chi connectivity index (χ4n) is 1.90. The molecule has 0 fully saturated rings. The molecule has 0 unspecified atom stereocenters. The molecule has 5 heteroatoms. The summed E-state index contributed by atoms with van der Waals surface area (Å²) in [7, 11) is 3.24. The molecule has 0 aliphatic rings. The van der Waals surface area contributed by atoms with Crippen LogP contribution in [-0.2, 0) is 5.54 Å². The molecule has 1 aromatic carbocycles. The van der Waals surface area contributed by atoms with Crippen LogP contribution in [0.2, 0.25) is 0 Å². The Bertz CT molecular complexity index is 570. The molecule has 0 bridgehead atoms. The highest BCUT2D eigenvalue weighted by Crippen LogP contribution is 2.32. The summed E-state index contributed by atoms with van der Waals surface area (Å²) in [5, 5.41) is 8.20. The highest BCUT2D eigenvalue weighted by atomic mass is 16.5. The van der Waals surface area contributed by atoms with Gasteiger partial charge in [-0.1, -0.05) is 0 Å². The lowest BCUT2D eigenvalue weighted by atomic mass is 10.1. The molecule has 1 aromatic heterocycles. The van der Waals surface area contributed by atoms with E-state index in [1.807, 2.05) is 22.8 Å².